The van der Waals surface area contributed by atoms with Crippen LogP contribution in [0.15, 0.2) is 30.5 Å². The van der Waals surface area contributed by atoms with E-state index in [1.165, 1.54) is 5.69 Å². The molecule has 2 aromatic heterocycles. The Hall–Kier alpha value is -1.44. The molecule has 2 nitrogen and oxygen atoms in total. The Morgan fingerprint density at radius 2 is 2.08 bits per heavy atom. The van der Waals surface area contributed by atoms with Crippen LogP contribution in [0.1, 0.15) is 11.4 Å². The third-order valence-electron chi connectivity index (χ3n) is 1.93. The van der Waals surface area contributed by atoms with E-state index in [2.05, 4.69) is 22.4 Å². The van der Waals surface area contributed by atoms with Gasteiger partial charge >= 0.3 is 5.65 Å². The molecular weight excluding hydrogens is 148 g/mol. The Morgan fingerprint density at radius 1 is 1.25 bits per heavy atom. The SMILES string of the molecule is Cc1cc(C)[n+]2ccccc2n1. The molecule has 0 atom stereocenters. The van der Waals surface area contributed by atoms with E-state index < -0.39 is 0 Å². The topological polar surface area (TPSA) is 17.0 Å². The second-order valence-electron chi connectivity index (χ2n) is 2.97. The lowest BCUT2D eigenvalue weighted by Crippen LogP contribution is -2.26. The van der Waals surface area contributed by atoms with E-state index in [9.17, 15) is 0 Å². The molecule has 2 heteroatoms. The molecule has 0 saturated heterocycles. The molecule has 0 N–H and O–H groups in total. The summed E-state index contributed by atoms with van der Waals surface area (Å²) in [4.78, 5) is 4.40. The Labute approximate surface area is 71.5 Å². The molecule has 2 heterocycles. The van der Waals surface area contributed by atoms with Crippen molar-refractivity contribution in [2.45, 2.75) is 13.8 Å². The zero-order chi connectivity index (χ0) is 8.55. The highest BCUT2D eigenvalue weighted by atomic mass is 15.0. The minimum atomic E-state index is 1.01. The van der Waals surface area contributed by atoms with E-state index in [-0.39, 0.29) is 0 Å². The lowest BCUT2D eigenvalue weighted by molar-refractivity contribution is -0.522. The molecule has 2 rings (SSSR count). The van der Waals surface area contributed by atoms with Gasteiger partial charge in [0.2, 0.25) is 0 Å². The highest BCUT2D eigenvalue weighted by molar-refractivity contribution is 5.29. The van der Waals surface area contributed by atoms with Crippen LogP contribution in [0.25, 0.3) is 5.65 Å². The monoisotopic (exact) mass is 159 g/mol. The molecule has 0 aliphatic heterocycles. The lowest BCUT2D eigenvalue weighted by Gasteiger charge is -1.94. The fraction of sp³-hybridized carbons (Fsp3) is 0.200. The van der Waals surface area contributed by atoms with Gasteiger partial charge in [-0.15, -0.1) is 0 Å². The summed E-state index contributed by atoms with van der Waals surface area (Å²) in [7, 11) is 0. The van der Waals surface area contributed by atoms with E-state index in [1.54, 1.807) is 0 Å². The average Bonchev–Trinajstić information content (AvgIpc) is 2.04. The van der Waals surface area contributed by atoms with Gasteiger partial charge in [-0.3, -0.25) is 0 Å². The largest absolute Gasteiger partial charge is 0.328 e. The van der Waals surface area contributed by atoms with Crippen molar-refractivity contribution in [2.24, 2.45) is 0 Å². The fourth-order valence-electron chi connectivity index (χ4n) is 1.41. The number of nitrogens with zero attached hydrogens (tertiary/aromatic N) is 2. The lowest BCUT2D eigenvalue weighted by atomic mass is 10.3. The number of hydrogen-bond donors (Lipinski definition) is 0. The fourth-order valence-corrected chi connectivity index (χ4v) is 1.41. The number of fused-ring (bicyclic) bond motifs is 1. The summed E-state index contributed by atoms with van der Waals surface area (Å²) in [6.45, 7) is 4.10. The summed E-state index contributed by atoms with van der Waals surface area (Å²) in [6.07, 6.45) is 2.02. The number of aromatic nitrogens is 2. The summed E-state index contributed by atoms with van der Waals surface area (Å²) in [5, 5.41) is 0. The van der Waals surface area contributed by atoms with Crippen LogP contribution in [0.4, 0.5) is 0 Å². The molecule has 12 heavy (non-hydrogen) atoms. The molecule has 60 valence electrons. The van der Waals surface area contributed by atoms with Crippen molar-refractivity contribution in [3.05, 3.63) is 41.9 Å². The summed E-state index contributed by atoms with van der Waals surface area (Å²) in [6, 6.07) is 8.10. The standard InChI is InChI=1S/C10H11N2/c1-8-7-9(2)12-6-4-3-5-10(12)11-8/h3-7H,1-2H3/q+1. The van der Waals surface area contributed by atoms with Gasteiger partial charge in [0, 0.05) is 19.1 Å². The van der Waals surface area contributed by atoms with Crippen LogP contribution in [0.3, 0.4) is 0 Å². The van der Waals surface area contributed by atoms with E-state index in [0.717, 1.165) is 11.3 Å². The number of hydrogen-bond acceptors (Lipinski definition) is 1. The van der Waals surface area contributed by atoms with Crippen molar-refractivity contribution in [1.29, 1.82) is 0 Å². The van der Waals surface area contributed by atoms with E-state index in [0.29, 0.717) is 0 Å². The van der Waals surface area contributed by atoms with E-state index in [4.69, 9.17) is 0 Å². The first-order valence-electron chi connectivity index (χ1n) is 4.02. The Kier molecular flexibility index (Phi) is 1.54. The second kappa shape index (κ2) is 2.55. The third-order valence-corrected chi connectivity index (χ3v) is 1.93. The van der Waals surface area contributed by atoms with Crippen LogP contribution in [0.5, 0.6) is 0 Å². The third kappa shape index (κ3) is 1.05. The van der Waals surface area contributed by atoms with Crippen LogP contribution in [0, 0.1) is 13.8 Å². The van der Waals surface area contributed by atoms with Gasteiger partial charge < -0.3 is 0 Å². The van der Waals surface area contributed by atoms with E-state index >= 15 is 0 Å². The molecule has 0 saturated carbocycles. The Morgan fingerprint density at radius 3 is 2.92 bits per heavy atom. The Balaban J connectivity index is 2.89. The maximum atomic E-state index is 4.40. The van der Waals surface area contributed by atoms with Crippen molar-refractivity contribution in [3.8, 4) is 0 Å². The van der Waals surface area contributed by atoms with Gasteiger partial charge in [-0.2, -0.15) is 0 Å². The minimum absolute atomic E-state index is 1.01. The molecule has 0 amide bonds. The molecule has 0 bridgehead atoms. The first-order chi connectivity index (χ1) is 5.77. The first kappa shape index (κ1) is 7.22. The van der Waals surface area contributed by atoms with Gasteiger partial charge in [-0.05, 0) is 18.0 Å². The molecule has 0 aliphatic rings. The van der Waals surface area contributed by atoms with Crippen molar-refractivity contribution in [3.63, 3.8) is 0 Å². The van der Waals surface area contributed by atoms with Crippen molar-refractivity contribution in [1.82, 2.24) is 4.98 Å². The minimum Gasteiger partial charge on any atom is -0.201 e. The molecule has 2 aromatic rings. The zero-order valence-corrected chi connectivity index (χ0v) is 7.28. The quantitative estimate of drug-likeness (QED) is 0.531. The number of aryl methyl sites for hydroxylation is 2. The van der Waals surface area contributed by atoms with Gasteiger partial charge in [0.25, 0.3) is 0 Å². The van der Waals surface area contributed by atoms with Gasteiger partial charge in [0.05, 0.1) is 6.20 Å². The number of pyridine rings is 1. The van der Waals surface area contributed by atoms with Crippen molar-refractivity contribution < 1.29 is 4.40 Å². The second-order valence-corrected chi connectivity index (χ2v) is 2.97. The zero-order valence-electron chi connectivity index (χ0n) is 7.28. The van der Waals surface area contributed by atoms with Gasteiger partial charge in [-0.1, -0.05) is 6.07 Å². The predicted octanol–water partition coefficient (Wildman–Crippen LogP) is 1.44. The van der Waals surface area contributed by atoms with Crippen molar-refractivity contribution >= 4 is 5.65 Å². The molecule has 0 aromatic carbocycles. The molecular formula is C10H11N2+. The van der Waals surface area contributed by atoms with Crippen molar-refractivity contribution in [2.75, 3.05) is 0 Å². The summed E-state index contributed by atoms with van der Waals surface area (Å²) < 4.78 is 2.08. The maximum absolute atomic E-state index is 4.40. The van der Waals surface area contributed by atoms with Crippen LogP contribution in [0.2, 0.25) is 0 Å². The van der Waals surface area contributed by atoms with Crippen LogP contribution >= 0.6 is 0 Å². The summed E-state index contributed by atoms with van der Waals surface area (Å²) in [5.74, 6) is 0. The van der Waals surface area contributed by atoms with Crippen LogP contribution < -0.4 is 4.40 Å². The molecule has 0 radical (unpaired) electrons. The van der Waals surface area contributed by atoms with Gasteiger partial charge in [0.1, 0.15) is 5.69 Å². The van der Waals surface area contributed by atoms with Gasteiger partial charge in [-0.25, -0.2) is 4.40 Å². The average molecular weight is 159 g/mol. The maximum Gasteiger partial charge on any atom is 0.328 e. The highest BCUT2D eigenvalue weighted by Gasteiger charge is 2.05. The summed E-state index contributed by atoms with van der Waals surface area (Å²) >= 11 is 0. The Bertz CT molecular complexity index is 421. The molecule has 0 fully saturated rings. The molecule has 0 aliphatic carbocycles. The van der Waals surface area contributed by atoms with Crippen LogP contribution in [-0.4, -0.2) is 4.98 Å². The van der Waals surface area contributed by atoms with E-state index in [1.807, 2.05) is 31.3 Å². The normalized spacial score (nSPS) is 10.5. The smallest absolute Gasteiger partial charge is 0.201 e. The first-order valence-corrected chi connectivity index (χ1v) is 4.02. The summed E-state index contributed by atoms with van der Waals surface area (Å²) in [5.41, 5.74) is 3.30. The van der Waals surface area contributed by atoms with Gasteiger partial charge in [0.15, 0.2) is 5.69 Å². The number of rotatable bonds is 0. The molecule has 0 unspecified atom stereocenters. The highest BCUT2D eigenvalue weighted by Crippen LogP contribution is 1.98. The molecule has 0 spiro atoms. The van der Waals surface area contributed by atoms with Crippen LogP contribution in [-0.2, 0) is 0 Å². The predicted molar refractivity (Wildman–Crippen MR) is 46.9 cm³/mol.